The first-order chi connectivity index (χ1) is 13.7. The number of pyridine rings is 1. The molecule has 28 heavy (non-hydrogen) atoms. The monoisotopic (exact) mass is 377 g/mol. The summed E-state index contributed by atoms with van der Waals surface area (Å²) in [5.74, 6) is 0.891. The first kappa shape index (κ1) is 18.2. The van der Waals surface area contributed by atoms with E-state index in [1.807, 2.05) is 30.3 Å². The zero-order valence-electron chi connectivity index (χ0n) is 15.6. The third-order valence-electron chi connectivity index (χ3n) is 5.11. The Morgan fingerprint density at radius 1 is 1.11 bits per heavy atom. The van der Waals surface area contributed by atoms with Gasteiger partial charge < -0.3 is 10.1 Å². The van der Waals surface area contributed by atoms with Crippen LogP contribution in [-0.4, -0.2) is 15.3 Å². The quantitative estimate of drug-likeness (QED) is 0.734. The van der Waals surface area contributed by atoms with Gasteiger partial charge in [-0.3, -0.25) is 14.0 Å². The smallest absolute Gasteiger partial charge is 0.258 e. The summed E-state index contributed by atoms with van der Waals surface area (Å²) in [6.45, 7) is 0.203. The fourth-order valence-electron chi connectivity index (χ4n) is 3.58. The zero-order chi connectivity index (χ0) is 19.3. The fourth-order valence-corrected chi connectivity index (χ4v) is 3.58. The molecule has 0 radical (unpaired) electrons. The Labute approximate surface area is 163 Å². The maximum absolute atomic E-state index is 12.3. The number of carbonyl (C=O) groups is 1. The molecule has 2 heterocycles. The van der Waals surface area contributed by atoms with Crippen LogP contribution in [0.5, 0.6) is 5.75 Å². The summed E-state index contributed by atoms with van der Waals surface area (Å²) in [4.78, 5) is 28.9. The van der Waals surface area contributed by atoms with Crippen molar-refractivity contribution in [3.8, 4) is 5.75 Å². The van der Waals surface area contributed by atoms with Crippen LogP contribution < -0.4 is 15.6 Å². The number of rotatable bonds is 5. The Hall–Kier alpha value is -3.15. The van der Waals surface area contributed by atoms with Crippen molar-refractivity contribution < 1.29 is 9.53 Å². The molecular weight excluding hydrogens is 354 g/mol. The van der Waals surface area contributed by atoms with Crippen LogP contribution >= 0.6 is 0 Å². The molecule has 6 heteroatoms. The van der Waals surface area contributed by atoms with E-state index in [-0.39, 0.29) is 24.0 Å². The summed E-state index contributed by atoms with van der Waals surface area (Å²) in [7, 11) is 0. The van der Waals surface area contributed by atoms with Crippen molar-refractivity contribution in [3.05, 3.63) is 70.8 Å². The predicted molar refractivity (Wildman–Crippen MR) is 107 cm³/mol. The van der Waals surface area contributed by atoms with E-state index in [0.717, 1.165) is 31.4 Å². The van der Waals surface area contributed by atoms with Gasteiger partial charge in [0.05, 0.1) is 5.69 Å². The molecule has 2 aromatic heterocycles. The molecule has 4 rings (SSSR count). The highest BCUT2D eigenvalue weighted by molar-refractivity contribution is 5.92. The Morgan fingerprint density at radius 2 is 1.89 bits per heavy atom. The van der Waals surface area contributed by atoms with Gasteiger partial charge in [-0.25, -0.2) is 4.98 Å². The van der Waals surface area contributed by atoms with E-state index in [0.29, 0.717) is 17.1 Å². The Bertz CT molecular complexity index is 1020. The summed E-state index contributed by atoms with van der Waals surface area (Å²) in [6, 6.07) is 14.2. The second-order valence-electron chi connectivity index (χ2n) is 7.15. The van der Waals surface area contributed by atoms with E-state index in [4.69, 9.17) is 4.74 Å². The molecule has 1 aliphatic rings. The Kier molecular flexibility index (Phi) is 5.37. The minimum atomic E-state index is -0.134. The average molecular weight is 377 g/mol. The van der Waals surface area contributed by atoms with E-state index in [1.54, 1.807) is 18.3 Å². The molecule has 0 atom stereocenters. The fraction of sp³-hybridized carbons (Fsp3) is 0.318. The lowest BCUT2D eigenvalue weighted by atomic mass is 9.88. The Balaban J connectivity index is 1.37. The van der Waals surface area contributed by atoms with Crippen molar-refractivity contribution in [1.82, 2.24) is 9.38 Å². The summed E-state index contributed by atoms with van der Waals surface area (Å²) in [6.07, 6.45) is 7.15. The number of nitrogens with one attached hydrogen (secondary N) is 1. The van der Waals surface area contributed by atoms with Crippen molar-refractivity contribution >= 4 is 17.2 Å². The molecule has 0 saturated heterocycles. The first-order valence-electron chi connectivity index (χ1n) is 9.70. The van der Waals surface area contributed by atoms with Crippen LogP contribution in [0.15, 0.2) is 59.5 Å². The van der Waals surface area contributed by atoms with Crippen LogP contribution in [0.4, 0.5) is 5.69 Å². The molecule has 0 spiro atoms. The lowest BCUT2D eigenvalue weighted by Crippen LogP contribution is -2.24. The third-order valence-corrected chi connectivity index (χ3v) is 5.11. The largest absolute Gasteiger partial charge is 0.487 e. The molecule has 6 nitrogen and oxygen atoms in total. The highest BCUT2D eigenvalue weighted by atomic mass is 16.5. The molecule has 144 valence electrons. The summed E-state index contributed by atoms with van der Waals surface area (Å²) < 4.78 is 7.24. The van der Waals surface area contributed by atoms with Gasteiger partial charge in [-0.1, -0.05) is 25.3 Å². The van der Waals surface area contributed by atoms with Crippen LogP contribution in [0, 0.1) is 5.92 Å². The number of carbonyl (C=O) groups excluding carboxylic acids is 1. The van der Waals surface area contributed by atoms with Gasteiger partial charge in [0.1, 0.15) is 18.0 Å². The van der Waals surface area contributed by atoms with Crippen LogP contribution in [0.25, 0.3) is 5.65 Å². The second-order valence-corrected chi connectivity index (χ2v) is 7.15. The predicted octanol–water partition coefficient (Wildman–Crippen LogP) is 3.79. The molecule has 1 fully saturated rings. The summed E-state index contributed by atoms with van der Waals surface area (Å²) in [5, 5.41) is 2.99. The number of nitrogens with zero attached hydrogens (tertiary/aromatic N) is 2. The number of anilines is 1. The van der Waals surface area contributed by atoms with E-state index in [2.05, 4.69) is 10.3 Å². The van der Waals surface area contributed by atoms with Gasteiger partial charge in [0.2, 0.25) is 5.91 Å². The van der Waals surface area contributed by atoms with Crippen LogP contribution in [-0.2, 0) is 11.4 Å². The van der Waals surface area contributed by atoms with Crippen molar-refractivity contribution in [1.29, 1.82) is 0 Å². The van der Waals surface area contributed by atoms with Crippen molar-refractivity contribution in [2.45, 2.75) is 38.7 Å². The van der Waals surface area contributed by atoms with Gasteiger partial charge in [-0.2, -0.15) is 0 Å². The van der Waals surface area contributed by atoms with Crippen LogP contribution in [0.2, 0.25) is 0 Å². The number of aromatic nitrogens is 2. The second kappa shape index (κ2) is 8.25. The molecule has 1 N–H and O–H groups in total. The molecule has 1 amide bonds. The summed E-state index contributed by atoms with van der Waals surface area (Å²) >= 11 is 0. The standard InChI is InChI=1S/C22H23N3O3/c26-21-14-18(23-20-8-4-5-13-25(20)21)15-28-19-11-9-17(10-12-19)24-22(27)16-6-2-1-3-7-16/h4-5,8-14,16H,1-3,6-7,15H2,(H,24,27). The Morgan fingerprint density at radius 3 is 2.68 bits per heavy atom. The molecule has 1 aromatic carbocycles. The van der Waals surface area contributed by atoms with E-state index in [1.165, 1.54) is 16.9 Å². The number of benzene rings is 1. The minimum Gasteiger partial charge on any atom is -0.487 e. The number of ether oxygens (including phenoxy) is 1. The van der Waals surface area contributed by atoms with Gasteiger partial charge >= 0.3 is 0 Å². The van der Waals surface area contributed by atoms with Gasteiger partial charge in [0.15, 0.2) is 0 Å². The summed E-state index contributed by atoms with van der Waals surface area (Å²) in [5.41, 5.74) is 1.80. The highest BCUT2D eigenvalue weighted by Crippen LogP contribution is 2.25. The van der Waals surface area contributed by atoms with Gasteiger partial charge in [0.25, 0.3) is 5.56 Å². The van der Waals surface area contributed by atoms with E-state index in [9.17, 15) is 9.59 Å². The van der Waals surface area contributed by atoms with Crippen LogP contribution in [0.1, 0.15) is 37.8 Å². The maximum Gasteiger partial charge on any atom is 0.258 e. The highest BCUT2D eigenvalue weighted by Gasteiger charge is 2.20. The lowest BCUT2D eigenvalue weighted by Gasteiger charge is -2.20. The maximum atomic E-state index is 12.3. The number of hydrogen-bond donors (Lipinski definition) is 1. The normalized spacial score (nSPS) is 14.7. The average Bonchev–Trinajstić information content (AvgIpc) is 2.74. The first-order valence-corrected chi connectivity index (χ1v) is 9.70. The molecule has 0 aliphatic heterocycles. The molecule has 1 saturated carbocycles. The van der Waals surface area contributed by atoms with E-state index >= 15 is 0 Å². The molecule has 0 bridgehead atoms. The molecule has 3 aromatic rings. The van der Waals surface area contributed by atoms with Gasteiger partial charge in [-0.15, -0.1) is 0 Å². The molecule has 0 unspecified atom stereocenters. The molecular formula is C22H23N3O3. The van der Waals surface area contributed by atoms with Crippen molar-refractivity contribution in [3.63, 3.8) is 0 Å². The van der Waals surface area contributed by atoms with Crippen molar-refractivity contribution in [2.75, 3.05) is 5.32 Å². The minimum absolute atomic E-state index is 0.106. The number of amides is 1. The van der Waals surface area contributed by atoms with Crippen LogP contribution in [0.3, 0.4) is 0 Å². The van der Waals surface area contributed by atoms with Gasteiger partial charge in [0, 0.05) is 23.9 Å². The van der Waals surface area contributed by atoms with Gasteiger partial charge in [-0.05, 0) is 49.2 Å². The SMILES string of the molecule is O=C(Nc1ccc(OCc2cc(=O)n3ccccc3n2)cc1)C1CCCCC1. The van der Waals surface area contributed by atoms with E-state index < -0.39 is 0 Å². The zero-order valence-corrected chi connectivity index (χ0v) is 15.6. The third kappa shape index (κ3) is 4.22. The number of fused-ring (bicyclic) bond motifs is 1. The van der Waals surface area contributed by atoms with Crippen molar-refractivity contribution in [2.24, 2.45) is 5.92 Å². The molecule has 1 aliphatic carbocycles. The topological polar surface area (TPSA) is 72.7 Å². The number of hydrogen-bond acceptors (Lipinski definition) is 4. The lowest BCUT2D eigenvalue weighted by molar-refractivity contribution is -0.120.